The molecule has 0 aromatic heterocycles. The van der Waals surface area contributed by atoms with E-state index < -0.39 is 29.8 Å². The van der Waals surface area contributed by atoms with Crippen molar-refractivity contribution in [1.82, 2.24) is 0 Å². The minimum absolute atomic E-state index is 0.171. The van der Waals surface area contributed by atoms with E-state index in [9.17, 15) is 14.7 Å². The molecule has 0 aromatic rings. The van der Waals surface area contributed by atoms with Crippen LogP contribution >= 0.6 is 11.6 Å². The van der Waals surface area contributed by atoms with Crippen LogP contribution in [0.3, 0.4) is 0 Å². The second-order valence-corrected chi connectivity index (χ2v) is 2.73. The van der Waals surface area contributed by atoms with Crippen molar-refractivity contribution in [2.75, 3.05) is 12.5 Å². The van der Waals surface area contributed by atoms with Crippen LogP contribution < -0.4 is 5.73 Å². The predicted octanol–water partition coefficient (Wildman–Crippen LogP) is -0.605. The Morgan fingerprint density at radius 3 is 2.54 bits per heavy atom. The van der Waals surface area contributed by atoms with E-state index in [2.05, 4.69) is 4.74 Å². The maximum absolute atomic E-state index is 10.9. The molecule has 1 atom stereocenters. The molecule has 5 nitrogen and oxygen atoms in total. The number of ether oxygens (including phenoxy) is 1. The van der Waals surface area contributed by atoms with Crippen molar-refractivity contribution < 1.29 is 19.4 Å². The van der Waals surface area contributed by atoms with Gasteiger partial charge < -0.3 is 9.84 Å². The highest BCUT2D eigenvalue weighted by Crippen LogP contribution is 2.06. The van der Waals surface area contributed by atoms with E-state index in [1.54, 1.807) is 6.92 Å². The van der Waals surface area contributed by atoms with Crippen molar-refractivity contribution in [1.29, 1.82) is 0 Å². The number of hydrogen-bond donors (Lipinski definition) is 2. The molecule has 0 aromatic carbocycles. The first kappa shape index (κ1) is 12.3. The van der Waals surface area contributed by atoms with Gasteiger partial charge in [-0.25, -0.2) is 0 Å². The summed E-state index contributed by atoms with van der Waals surface area (Å²) in [6.45, 7) is 1.78. The molecular formula is C7H12ClNO4. The molecule has 6 heteroatoms. The van der Waals surface area contributed by atoms with Gasteiger partial charge >= 0.3 is 5.97 Å². The van der Waals surface area contributed by atoms with E-state index in [0.29, 0.717) is 0 Å². The molecule has 0 heterocycles. The summed E-state index contributed by atoms with van der Waals surface area (Å²) in [6.07, 6.45) is -0.577. The van der Waals surface area contributed by atoms with Crippen LogP contribution in [0.2, 0.25) is 0 Å². The lowest BCUT2D eigenvalue weighted by molar-refractivity contribution is -0.153. The van der Waals surface area contributed by atoms with Crippen molar-refractivity contribution in [3.63, 3.8) is 0 Å². The van der Waals surface area contributed by atoms with E-state index in [-0.39, 0.29) is 6.61 Å². The minimum atomic E-state index is -2.21. The van der Waals surface area contributed by atoms with Crippen LogP contribution in [-0.2, 0) is 14.3 Å². The van der Waals surface area contributed by atoms with Gasteiger partial charge in [0.2, 0.25) is 0 Å². The zero-order chi connectivity index (χ0) is 10.5. The molecule has 0 rings (SSSR count). The van der Waals surface area contributed by atoms with Crippen molar-refractivity contribution >= 4 is 23.4 Å². The van der Waals surface area contributed by atoms with Gasteiger partial charge in [0.25, 0.3) is 0 Å². The molecule has 0 unspecified atom stereocenters. The summed E-state index contributed by atoms with van der Waals surface area (Å²) < 4.78 is 4.50. The van der Waals surface area contributed by atoms with Crippen LogP contribution in [0, 0.1) is 0 Å². The molecule has 76 valence electrons. The number of ketones is 1. The molecule has 3 N–H and O–H groups in total. The minimum Gasteiger partial charge on any atom is -0.466 e. The summed E-state index contributed by atoms with van der Waals surface area (Å²) in [4.78, 5) is 21.7. The Morgan fingerprint density at radius 2 is 2.15 bits per heavy atom. The number of Topliss-reactive ketones (excluding diaryl/α,β-unsaturated/α-hetero) is 1. The van der Waals surface area contributed by atoms with Gasteiger partial charge in [0.05, 0.1) is 18.9 Å². The average molecular weight is 210 g/mol. The molecule has 0 aliphatic rings. The maximum Gasteiger partial charge on any atom is 0.310 e. The summed E-state index contributed by atoms with van der Waals surface area (Å²) in [7, 11) is 0. The van der Waals surface area contributed by atoms with Crippen molar-refractivity contribution in [2.45, 2.75) is 19.1 Å². The van der Waals surface area contributed by atoms with Crippen molar-refractivity contribution in [2.24, 2.45) is 5.73 Å². The molecule has 0 fully saturated rings. The summed E-state index contributed by atoms with van der Waals surface area (Å²) >= 11 is 5.16. The van der Waals surface area contributed by atoms with Gasteiger partial charge in [-0.2, -0.15) is 0 Å². The molecule has 0 radical (unpaired) electrons. The van der Waals surface area contributed by atoms with Crippen LogP contribution in [0.1, 0.15) is 13.3 Å². The SMILES string of the molecule is CCOC(=O)C[C@@](N)(O)C(=O)CCl. The predicted molar refractivity (Wildman–Crippen MR) is 46.1 cm³/mol. The number of esters is 1. The molecule has 13 heavy (non-hydrogen) atoms. The molecule has 0 bridgehead atoms. The third-order valence-electron chi connectivity index (χ3n) is 1.32. The number of aliphatic hydroxyl groups is 1. The summed E-state index contributed by atoms with van der Waals surface area (Å²) in [5.41, 5.74) is 2.91. The summed E-state index contributed by atoms with van der Waals surface area (Å²) in [5, 5.41) is 9.22. The van der Waals surface area contributed by atoms with Gasteiger partial charge in [0.1, 0.15) is 0 Å². The first-order chi connectivity index (χ1) is 5.94. The van der Waals surface area contributed by atoms with Gasteiger partial charge in [-0.3, -0.25) is 15.3 Å². The van der Waals surface area contributed by atoms with Gasteiger partial charge in [-0.15, -0.1) is 11.6 Å². The van der Waals surface area contributed by atoms with Crippen LogP contribution in [0.25, 0.3) is 0 Å². The van der Waals surface area contributed by atoms with Gasteiger partial charge in [0.15, 0.2) is 11.5 Å². The van der Waals surface area contributed by atoms with Crippen molar-refractivity contribution in [3.8, 4) is 0 Å². The lowest BCUT2D eigenvalue weighted by Crippen LogP contribution is -2.50. The molecule has 0 saturated carbocycles. The number of nitrogens with two attached hydrogens (primary N) is 1. The van der Waals surface area contributed by atoms with Crippen molar-refractivity contribution in [3.05, 3.63) is 0 Å². The highest BCUT2D eigenvalue weighted by Gasteiger charge is 2.33. The summed E-state index contributed by atoms with van der Waals surface area (Å²) in [6, 6.07) is 0. The number of carbonyl (C=O) groups is 2. The van der Waals surface area contributed by atoms with Gasteiger partial charge in [-0.1, -0.05) is 0 Å². The largest absolute Gasteiger partial charge is 0.466 e. The Morgan fingerprint density at radius 1 is 1.62 bits per heavy atom. The fourth-order valence-corrected chi connectivity index (χ4v) is 0.878. The van der Waals surface area contributed by atoms with Crippen LogP contribution in [0.15, 0.2) is 0 Å². The number of alkyl halides is 1. The van der Waals surface area contributed by atoms with E-state index in [0.717, 1.165) is 0 Å². The first-order valence-electron chi connectivity index (χ1n) is 3.70. The third kappa shape index (κ3) is 4.21. The number of carbonyl (C=O) groups excluding carboxylic acids is 2. The number of halogens is 1. The van der Waals surface area contributed by atoms with E-state index in [4.69, 9.17) is 17.3 Å². The Bertz CT molecular complexity index is 205. The second kappa shape index (κ2) is 5.16. The molecular weight excluding hydrogens is 198 g/mol. The normalized spacial score (nSPS) is 14.8. The fraction of sp³-hybridized carbons (Fsp3) is 0.714. The molecule has 0 aliphatic heterocycles. The highest BCUT2D eigenvalue weighted by molar-refractivity contribution is 6.28. The van der Waals surface area contributed by atoms with E-state index in [1.165, 1.54) is 0 Å². The van der Waals surface area contributed by atoms with Crippen LogP contribution in [0.4, 0.5) is 0 Å². The Labute approximate surface area is 80.8 Å². The smallest absolute Gasteiger partial charge is 0.310 e. The summed E-state index contributed by atoms with van der Waals surface area (Å²) in [5.74, 6) is -1.97. The van der Waals surface area contributed by atoms with Crippen LogP contribution in [0.5, 0.6) is 0 Å². The van der Waals surface area contributed by atoms with Gasteiger partial charge in [0, 0.05) is 0 Å². The van der Waals surface area contributed by atoms with Gasteiger partial charge in [-0.05, 0) is 6.92 Å². The zero-order valence-electron chi connectivity index (χ0n) is 7.25. The quantitative estimate of drug-likeness (QED) is 0.358. The Kier molecular flexibility index (Phi) is 4.90. The topological polar surface area (TPSA) is 89.6 Å². The van der Waals surface area contributed by atoms with Crippen LogP contribution in [-0.4, -0.2) is 35.1 Å². The fourth-order valence-electron chi connectivity index (χ4n) is 0.646. The third-order valence-corrected chi connectivity index (χ3v) is 1.57. The monoisotopic (exact) mass is 209 g/mol. The average Bonchev–Trinajstić information content (AvgIpc) is 2.02. The molecule has 0 saturated heterocycles. The molecule has 0 spiro atoms. The lowest BCUT2D eigenvalue weighted by Gasteiger charge is -2.18. The lowest BCUT2D eigenvalue weighted by atomic mass is 10.1. The Hall–Kier alpha value is -0.650. The Balaban J connectivity index is 4.16. The standard InChI is InChI=1S/C7H12ClNO4/c1-2-13-6(11)3-7(9,12)5(10)4-8/h12H,2-4,9H2,1H3/t7-/m1/s1. The highest BCUT2D eigenvalue weighted by atomic mass is 35.5. The maximum atomic E-state index is 10.9. The van der Waals surface area contributed by atoms with E-state index in [1.807, 2.05) is 0 Å². The number of hydrogen-bond acceptors (Lipinski definition) is 5. The van der Waals surface area contributed by atoms with E-state index >= 15 is 0 Å². The zero-order valence-corrected chi connectivity index (χ0v) is 8.00. The first-order valence-corrected chi connectivity index (χ1v) is 4.23. The molecule has 0 amide bonds. The number of rotatable bonds is 5. The second-order valence-electron chi connectivity index (χ2n) is 2.46. The molecule has 0 aliphatic carbocycles.